The van der Waals surface area contributed by atoms with Gasteiger partial charge in [0.15, 0.2) is 0 Å². The summed E-state index contributed by atoms with van der Waals surface area (Å²) in [7, 11) is 0. The number of thiazole rings is 1. The molecule has 1 aliphatic rings. The fourth-order valence-corrected chi connectivity index (χ4v) is 3.83. The van der Waals surface area contributed by atoms with Crippen molar-refractivity contribution in [2.45, 2.75) is 45.1 Å². The standard InChI is InChI=1S/C15H18N4O3S/c1-8(15-17-10-4-2-3-5-11(10)23-15)16-12(20)6-9-7-13(21)18-19-14(9)22/h7-8H,2-6H2,1H3,(H,16,20)(H,18,21)(H,19,22)/t8-/m0/s1. The van der Waals surface area contributed by atoms with Crippen molar-refractivity contribution in [3.63, 3.8) is 0 Å². The van der Waals surface area contributed by atoms with Crippen LogP contribution in [0.5, 0.6) is 0 Å². The van der Waals surface area contributed by atoms with Crippen LogP contribution in [-0.2, 0) is 24.1 Å². The third-order valence-corrected chi connectivity index (χ3v) is 5.20. The van der Waals surface area contributed by atoms with E-state index in [-0.39, 0.29) is 23.9 Å². The normalized spacial score (nSPS) is 15.0. The molecule has 2 heterocycles. The molecule has 0 spiro atoms. The maximum atomic E-state index is 12.1. The molecule has 1 atom stereocenters. The van der Waals surface area contributed by atoms with Gasteiger partial charge >= 0.3 is 0 Å². The van der Waals surface area contributed by atoms with Crippen molar-refractivity contribution < 1.29 is 4.79 Å². The number of nitrogens with one attached hydrogen (secondary N) is 3. The first kappa shape index (κ1) is 15.7. The fraction of sp³-hybridized carbons (Fsp3) is 0.467. The van der Waals surface area contributed by atoms with Crippen molar-refractivity contribution in [3.8, 4) is 0 Å². The van der Waals surface area contributed by atoms with E-state index >= 15 is 0 Å². The quantitative estimate of drug-likeness (QED) is 0.769. The predicted octanol–water partition coefficient (Wildman–Crippen LogP) is 0.818. The monoisotopic (exact) mass is 334 g/mol. The Bertz CT molecular complexity index is 812. The first-order valence-electron chi connectivity index (χ1n) is 7.61. The summed E-state index contributed by atoms with van der Waals surface area (Å²) >= 11 is 1.65. The smallest absolute Gasteiger partial charge is 0.266 e. The average molecular weight is 334 g/mol. The van der Waals surface area contributed by atoms with E-state index in [1.54, 1.807) is 11.3 Å². The molecule has 7 nitrogen and oxygen atoms in total. The SMILES string of the molecule is C[C@H](NC(=O)Cc1cc(=O)[nH][nH]c1=O)c1nc2c(s1)CCCC2. The van der Waals surface area contributed by atoms with Crippen LogP contribution in [0, 0.1) is 0 Å². The second-order valence-corrected chi connectivity index (χ2v) is 6.82. The van der Waals surface area contributed by atoms with E-state index in [9.17, 15) is 14.4 Å². The number of H-pyrrole nitrogens is 2. The Morgan fingerprint density at radius 1 is 1.35 bits per heavy atom. The highest BCUT2D eigenvalue weighted by atomic mass is 32.1. The van der Waals surface area contributed by atoms with E-state index in [0.29, 0.717) is 0 Å². The van der Waals surface area contributed by atoms with Crippen LogP contribution in [0.15, 0.2) is 15.7 Å². The van der Waals surface area contributed by atoms with Gasteiger partial charge in [0.25, 0.3) is 11.1 Å². The molecule has 0 saturated heterocycles. The summed E-state index contributed by atoms with van der Waals surface area (Å²) in [6, 6.07) is 0.935. The first-order valence-corrected chi connectivity index (χ1v) is 8.43. The lowest BCUT2D eigenvalue weighted by Crippen LogP contribution is -2.31. The zero-order chi connectivity index (χ0) is 16.4. The second-order valence-electron chi connectivity index (χ2n) is 5.71. The van der Waals surface area contributed by atoms with Crippen LogP contribution in [0.1, 0.15) is 46.9 Å². The number of hydrogen-bond acceptors (Lipinski definition) is 5. The number of aryl methyl sites for hydroxylation is 2. The Morgan fingerprint density at radius 2 is 2.13 bits per heavy atom. The van der Waals surface area contributed by atoms with Crippen molar-refractivity contribution in [3.05, 3.63) is 47.9 Å². The predicted molar refractivity (Wildman–Crippen MR) is 86.7 cm³/mol. The molecule has 3 N–H and O–H groups in total. The number of hydrogen-bond donors (Lipinski definition) is 3. The van der Waals surface area contributed by atoms with Gasteiger partial charge in [-0.25, -0.2) is 4.98 Å². The number of aromatic nitrogens is 3. The summed E-state index contributed by atoms with van der Waals surface area (Å²) < 4.78 is 0. The van der Waals surface area contributed by atoms with Gasteiger partial charge in [-0.1, -0.05) is 0 Å². The van der Waals surface area contributed by atoms with Crippen LogP contribution in [-0.4, -0.2) is 21.1 Å². The highest BCUT2D eigenvalue weighted by Gasteiger charge is 2.20. The molecule has 0 bridgehead atoms. The van der Waals surface area contributed by atoms with Gasteiger partial charge in [0.1, 0.15) is 5.01 Å². The number of fused-ring (bicyclic) bond motifs is 1. The molecule has 0 aliphatic heterocycles. The first-order chi connectivity index (χ1) is 11.0. The largest absolute Gasteiger partial charge is 0.347 e. The maximum Gasteiger partial charge on any atom is 0.266 e. The zero-order valence-corrected chi connectivity index (χ0v) is 13.6. The van der Waals surface area contributed by atoms with E-state index in [0.717, 1.165) is 29.6 Å². The van der Waals surface area contributed by atoms with Gasteiger partial charge in [0.05, 0.1) is 18.2 Å². The summed E-state index contributed by atoms with van der Waals surface area (Å²) in [6.45, 7) is 1.88. The number of rotatable bonds is 4. The van der Waals surface area contributed by atoms with Gasteiger partial charge in [-0.3, -0.25) is 24.6 Å². The lowest BCUT2D eigenvalue weighted by Gasteiger charge is -2.10. The summed E-state index contributed by atoms with van der Waals surface area (Å²) in [6.07, 6.45) is 4.31. The van der Waals surface area contributed by atoms with E-state index < -0.39 is 11.1 Å². The highest BCUT2D eigenvalue weighted by Crippen LogP contribution is 2.29. The molecule has 8 heteroatoms. The van der Waals surface area contributed by atoms with Crippen molar-refractivity contribution in [1.29, 1.82) is 0 Å². The van der Waals surface area contributed by atoms with Crippen LogP contribution in [0.2, 0.25) is 0 Å². The minimum Gasteiger partial charge on any atom is -0.347 e. The van der Waals surface area contributed by atoms with E-state index in [1.807, 2.05) is 6.92 Å². The van der Waals surface area contributed by atoms with Crippen molar-refractivity contribution in [2.75, 3.05) is 0 Å². The Labute approximate surface area is 136 Å². The molecule has 23 heavy (non-hydrogen) atoms. The molecule has 0 saturated carbocycles. The molecule has 0 unspecified atom stereocenters. The molecule has 3 rings (SSSR count). The third kappa shape index (κ3) is 3.58. The molecular weight excluding hydrogens is 316 g/mol. The topological polar surface area (TPSA) is 108 Å². The lowest BCUT2D eigenvalue weighted by molar-refractivity contribution is -0.121. The summed E-state index contributed by atoms with van der Waals surface area (Å²) in [5.74, 6) is -0.304. The van der Waals surface area contributed by atoms with Gasteiger partial charge in [-0.15, -0.1) is 11.3 Å². The van der Waals surface area contributed by atoms with Crippen LogP contribution >= 0.6 is 11.3 Å². The Hall–Kier alpha value is -2.22. The Balaban J connectivity index is 1.67. The maximum absolute atomic E-state index is 12.1. The molecular formula is C15H18N4O3S. The zero-order valence-electron chi connectivity index (χ0n) is 12.8. The van der Waals surface area contributed by atoms with Gasteiger partial charge in [-0.05, 0) is 32.6 Å². The van der Waals surface area contributed by atoms with Gasteiger partial charge in [0.2, 0.25) is 5.91 Å². The fourth-order valence-electron chi connectivity index (χ4n) is 2.67. The van der Waals surface area contributed by atoms with E-state index in [2.05, 4.69) is 20.5 Å². The Kier molecular flexibility index (Phi) is 4.42. The van der Waals surface area contributed by atoms with Crippen LogP contribution in [0.3, 0.4) is 0 Å². The molecule has 0 radical (unpaired) electrons. The van der Waals surface area contributed by atoms with E-state index in [4.69, 9.17) is 0 Å². The molecule has 122 valence electrons. The number of nitrogens with zero attached hydrogens (tertiary/aromatic N) is 1. The van der Waals surface area contributed by atoms with Crippen molar-refractivity contribution >= 4 is 17.2 Å². The number of carbonyl (C=O) groups is 1. The van der Waals surface area contributed by atoms with Crippen molar-refractivity contribution in [1.82, 2.24) is 20.5 Å². The molecule has 0 fully saturated rings. The number of amides is 1. The van der Waals surface area contributed by atoms with E-state index in [1.165, 1.54) is 17.7 Å². The van der Waals surface area contributed by atoms with Crippen molar-refractivity contribution in [2.24, 2.45) is 0 Å². The molecule has 0 aromatic carbocycles. The molecule has 1 aliphatic carbocycles. The van der Waals surface area contributed by atoms with Gasteiger partial charge in [-0.2, -0.15) is 0 Å². The number of carbonyl (C=O) groups excluding carboxylic acids is 1. The Morgan fingerprint density at radius 3 is 2.91 bits per heavy atom. The minimum atomic E-state index is -0.461. The number of aromatic amines is 2. The molecule has 2 aromatic rings. The van der Waals surface area contributed by atoms with Crippen LogP contribution in [0.4, 0.5) is 0 Å². The summed E-state index contributed by atoms with van der Waals surface area (Å²) in [4.78, 5) is 40.8. The van der Waals surface area contributed by atoms with Gasteiger partial charge < -0.3 is 5.32 Å². The molecule has 2 aromatic heterocycles. The van der Waals surface area contributed by atoms with Crippen LogP contribution in [0.25, 0.3) is 0 Å². The second kappa shape index (κ2) is 6.49. The summed E-state index contributed by atoms with van der Waals surface area (Å²) in [5, 5.41) is 8.12. The van der Waals surface area contributed by atoms with Gasteiger partial charge in [0, 0.05) is 16.5 Å². The molecule has 1 amide bonds. The summed E-state index contributed by atoms with van der Waals surface area (Å²) in [5.41, 5.74) is 0.408. The third-order valence-electron chi connectivity index (χ3n) is 3.86. The minimum absolute atomic E-state index is 0.130. The lowest BCUT2D eigenvalue weighted by atomic mass is 10.0. The highest BCUT2D eigenvalue weighted by molar-refractivity contribution is 7.11. The van der Waals surface area contributed by atoms with Crippen LogP contribution < -0.4 is 16.4 Å². The average Bonchev–Trinajstić information content (AvgIpc) is 2.95.